The van der Waals surface area contributed by atoms with Gasteiger partial charge in [0, 0.05) is 6.42 Å². The molecule has 0 bridgehead atoms. The third kappa shape index (κ3) is 2.31. The lowest BCUT2D eigenvalue weighted by atomic mass is 9.76. The fourth-order valence-corrected chi connectivity index (χ4v) is 4.01. The first-order valence-electron chi connectivity index (χ1n) is 7.39. The molecule has 0 saturated heterocycles. The van der Waals surface area contributed by atoms with Crippen LogP contribution < -0.4 is 9.47 Å². The van der Waals surface area contributed by atoms with Crippen LogP contribution in [-0.4, -0.2) is 24.3 Å². The largest absolute Gasteiger partial charge is 0.489 e. The van der Waals surface area contributed by atoms with Crippen LogP contribution in [0.15, 0.2) is 10.5 Å². The molecule has 1 saturated carbocycles. The number of hydrogen-bond acceptors (Lipinski definition) is 3. The summed E-state index contributed by atoms with van der Waals surface area (Å²) in [6.45, 7) is 3.16. The Morgan fingerprint density at radius 3 is 2.43 bits per heavy atom. The molecule has 3 rings (SSSR count). The predicted molar refractivity (Wildman–Crippen MR) is 82.3 cm³/mol. The van der Waals surface area contributed by atoms with Crippen molar-refractivity contribution in [3.63, 3.8) is 0 Å². The van der Waals surface area contributed by atoms with Crippen LogP contribution in [0.3, 0.4) is 0 Å². The van der Waals surface area contributed by atoms with Crippen molar-refractivity contribution in [1.29, 1.82) is 0 Å². The van der Waals surface area contributed by atoms with Crippen LogP contribution in [-0.2, 0) is 10.2 Å². The monoisotopic (exact) mass is 354 g/mol. The molecule has 1 N–H and O–H groups in total. The van der Waals surface area contributed by atoms with E-state index in [1.807, 2.05) is 13.0 Å². The second-order valence-electron chi connectivity index (χ2n) is 5.83. The predicted octanol–water partition coefficient (Wildman–Crippen LogP) is 3.82. The number of halogens is 1. The molecule has 0 aromatic heterocycles. The van der Waals surface area contributed by atoms with Crippen LogP contribution >= 0.6 is 15.9 Å². The number of fused-ring (bicyclic) bond motifs is 1. The summed E-state index contributed by atoms with van der Waals surface area (Å²) in [5.74, 6) is 0.668. The summed E-state index contributed by atoms with van der Waals surface area (Å²) in [6.07, 6.45) is 4.13. The Labute approximate surface area is 132 Å². The lowest BCUT2D eigenvalue weighted by molar-refractivity contribution is -0.143. The topological polar surface area (TPSA) is 55.8 Å². The Balaban J connectivity index is 2.18. The van der Waals surface area contributed by atoms with E-state index in [1.54, 1.807) is 0 Å². The molecule has 1 aromatic rings. The van der Waals surface area contributed by atoms with Gasteiger partial charge in [-0.25, -0.2) is 0 Å². The zero-order valence-electron chi connectivity index (χ0n) is 12.1. The summed E-state index contributed by atoms with van der Waals surface area (Å²) in [5, 5.41) is 9.80. The summed E-state index contributed by atoms with van der Waals surface area (Å²) in [5.41, 5.74) is 0.986. The quantitative estimate of drug-likeness (QED) is 0.876. The van der Waals surface area contributed by atoms with Gasteiger partial charge >= 0.3 is 5.97 Å². The van der Waals surface area contributed by atoms with Crippen LogP contribution in [0.1, 0.15) is 43.2 Å². The minimum absolute atomic E-state index is 0.601. The Morgan fingerprint density at radius 1 is 1.19 bits per heavy atom. The van der Waals surface area contributed by atoms with Crippen LogP contribution in [0, 0.1) is 6.92 Å². The highest BCUT2D eigenvalue weighted by Gasteiger charge is 2.45. The average Bonchev–Trinajstić information content (AvgIpc) is 2.81. The fraction of sp³-hybridized carbons (Fsp3) is 0.562. The van der Waals surface area contributed by atoms with Gasteiger partial charge in [0.15, 0.2) is 11.5 Å². The molecular formula is C16H19BrO4. The van der Waals surface area contributed by atoms with E-state index in [9.17, 15) is 9.90 Å². The van der Waals surface area contributed by atoms with Gasteiger partial charge < -0.3 is 14.6 Å². The number of benzene rings is 1. The first-order chi connectivity index (χ1) is 10.1. The lowest BCUT2D eigenvalue weighted by Crippen LogP contribution is -2.33. The van der Waals surface area contributed by atoms with E-state index in [4.69, 9.17) is 9.47 Å². The van der Waals surface area contributed by atoms with Crippen LogP contribution in [0.5, 0.6) is 11.5 Å². The molecule has 1 heterocycles. The molecule has 114 valence electrons. The number of carboxylic acid groups (broad SMARTS) is 1. The van der Waals surface area contributed by atoms with Gasteiger partial charge in [-0.15, -0.1) is 0 Å². The van der Waals surface area contributed by atoms with Gasteiger partial charge in [0.05, 0.1) is 23.1 Å². The third-order valence-corrected chi connectivity index (χ3v) is 5.19. The fourth-order valence-electron chi connectivity index (χ4n) is 3.49. The molecule has 0 amide bonds. The molecular weight excluding hydrogens is 336 g/mol. The summed E-state index contributed by atoms with van der Waals surface area (Å²) in [6, 6.07) is 1.92. The van der Waals surface area contributed by atoms with Gasteiger partial charge in [0.25, 0.3) is 0 Å². The minimum Gasteiger partial charge on any atom is -0.489 e. The summed E-state index contributed by atoms with van der Waals surface area (Å²) in [7, 11) is 0. The number of ether oxygens (including phenoxy) is 2. The molecule has 1 aliphatic heterocycles. The lowest BCUT2D eigenvalue weighted by Gasteiger charge is -2.28. The Hall–Kier alpha value is -1.23. The third-order valence-electron chi connectivity index (χ3n) is 4.60. The first-order valence-corrected chi connectivity index (χ1v) is 8.18. The number of carbonyl (C=O) groups is 1. The summed E-state index contributed by atoms with van der Waals surface area (Å²) < 4.78 is 12.4. The number of aliphatic carboxylic acids is 1. The molecule has 2 aliphatic rings. The zero-order chi connectivity index (χ0) is 15.0. The average molecular weight is 355 g/mol. The maximum atomic E-state index is 11.9. The molecule has 0 atom stereocenters. The van der Waals surface area contributed by atoms with Crippen molar-refractivity contribution in [3.8, 4) is 11.5 Å². The van der Waals surface area contributed by atoms with Gasteiger partial charge in [-0.3, -0.25) is 4.79 Å². The highest BCUT2D eigenvalue weighted by Crippen LogP contribution is 2.49. The molecule has 1 aliphatic carbocycles. The van der Waals surface area contributed by atoms with Gasteiger partial charge in [-0.1, -0.05) is 12.8 Å². The second kappa shape index (κ2) is 5.52. The summed E-state index contributed by atoms with van der Waals surface area (Å²) >= 11 is 3.52. The van der Waals surface area contributed by atoms with Crippen LogP contribution in [0.2, 0.25) is 0 Å². The van der Waals surface area contributed by atoms with Crippen molar-refractivity contribution in [2.75, 3.05) is 13.2 Å². The highest BCUT2D eigenvalue weighted by atomic mass is 79.9. The van der Waals surface area contributed by atoms with Gasteiger partial charge in [-0.05, 0) is 52.9 Å². The molecule has 21 heavy (non-hydrogen) atoms. The van der Waals surface area contributed by atoms with E-state index in [0.29, 0.717) is 37.6 Å². The molecule has 1 fully saturated rings. The van der Waals surface area contributed by atoms with Crippen molar-refractivity contribution in [3.05, 3.63) is 21.7 Å². The Bertz CT molecular complexity index is 576. The van der Waals surface area contributed by atoms with E-state index in [1.165, 1.54) is 0 Å². The van der Waals surface area contributed by atoms with Crippen molar-refractivity contribution in [1.82, 2.24) is 0 Å². The molecule has 5 heteroatoms. The normalized spacial score (nSPS) is 20.1. The van der Waals surface area contributed by atoms with Gasteiger partial charge in [-0.2, -0.15) is 0 Å². The van der Waals surface area contributed by atoms with E-state index in [-0.39, 0.29) is 0 Å². The first kappa shape index (κ1) is 14.7. The molecule has 0 spiro atoms. The van der Waals surface area contributed by atoms with E-state index in [2.05, 4.69) is 15.9 Å². The highest BCUT2D eigenvalue weighted by molar-refractivity contribution is 9.10. The molecule has 4 nitrogen and oxygen atoms in total. The maximum Gasteiger partial charge on any atom is 0.314 e. The van der Waals surface area contributed by atoms with E-state index < -0.39 is 11.4 Å². The SMILES string of the molecule is Cc1c(C2(C(=O)O)CCCC2)cc(Br)c2c1OCCCO2. The smallest absolute Gasteiger partial charge is 0.314 e. The second-order valence-corrected chi connectivity index (χ2v) is 6.69. The van der Waals surface area contributed by atoms with E-state index in [0.717, 1.165) is 34.9 Å². The number of hydrogen-bond donors (Lipinski definition) is 1. The number of carboxylic acids is 1. The Morgan fingerprint density at radius 2 is 1.81 bits per heavy atom. The van der Waals surface area contributed by atoms with Gasteiger partial charge in [0.1, 0.15) is 0 Å². The van der Waals surface area contributed by atoms with Crippen molar-refractivity contribution >= 4 is 21.9 Å². The van der Waals surface area contributed by atoms with Crippen molar-refractivity contribution in [2.45, 2.75) is 44.4 Å². The molecule has 0 radical (unpaired) electrons. The van der Waals surface area contributed by atoms with Crippen LogP contribution in [0.25, 0.3) is 0 Å². The van der Waals surface area contributed by atoms with Crippen molar-refractivity contribution in [2.24, 2.45) is 0 Å². The van der Waals surface area contributed by atoms with E-state index >= 15 is 0 Å². The molecule has 0 unspecified atom stereocenters. The van der Waals surface area contributed by atoms with Crippen LogP contribution in [0.4, 0.5) is 0 Å². The molecule has 1 aromatic carbocycles. The number of rotatable bonds is 2. The standard InChI is InChI=1S/C16H19BrO4/c1-10-11(16(15(18)19)5-2-3-6-16)9-12(17)14-13(10)20-7-4-8-21-14/h9H,2-8H2,1H3,(H,18,19). The maximum absolute atomic E-state index is 11.9. The minimum atomic E-state index is -0.780. The Kier molecular flexibility index (Phi) is 3.86. The van der Waals surface area contributed by atoms with Gasteiger partial charge in [0.2, 0.25) is 0 Å². The summed E-state index contributed by atoms with van der Waals surface area (Å²) in [4.78, 5) is 11.9. The van der Waals surface area contributed by atoms with Crippen molar-refractivity contribution < 1.29 is 19.4 Å². The zero-order valence-corrected chi connectivity index (χ0v) is 13.7.